The molecule has 1 aromatic carbocycles. The van der Waals surface area contributed by atoms with Crippen LogP contribution < -0.4 is 5.32 Å². The Labute approximate surface area is 140 Å². The van der Waals surface area contributed by atoms with E-state index in [2.05, 4.69) is 25.5 Å². The summed E-state index contributed by atoms with van der Waals surface area (Å²) in [5.74, 6) is 2.64. The minimum absolute atomic E-state index is 0. The number of nitrogens with one attached hydrogen (secondary N) is 2. The number of aromatic nitrogens is 4. The van der Waals surface area contributed by atoms with E-state index >= 15 is 0 Å². The van der Waals surface area contributed by atoms with Crippen molar-refractivity contribution in [3.05, 3.63) is 53.9 Å². The molecule has 0 bridgehead atoms. The van der Waals surface area contributed by atoms with Crippen molar-refractivity contribution in [2.24, 2.45) is 0 Å². The van der Waals surface area contributed by atoms with E-state index in [0.29, 0.717) is 23.1 Å². The molecule has 2 aromatic heterocycles. The molecule has 1 saturated carbocycles. The maximum Gasteiger partial charge on any atom is 0.161 e. The van der Waals surface area contributed by atoms with Gasteiger partial charge in [0.05, 0.1) is 0 Å². The zero-order valence-electron chi connectivity index (χ0n) is 13.3. The molecule has 3 aromatic rings. The van der Waals surface area contributed by atoms with Gasteiger partial charge in [-0.1, -0.05) is 18.2 Å². The van der Waals surface area contributed by atoms with Crippen LogP contribution in [-0.2, 0) is 0 Å². The minimum atomic E-state index is 0. The van der Waals surface area contributed by atoms with E-state index in [1.165, 1.54) is 18.5 Å². The Morgan fingerprint density at radius 1 is 1.25 bits per heavy atom. The Bertz CT molecular complexity index is 904. The van der Waals surface area contributed by atoms with Gasteiger partial charge < -0.3 is 5.32 Å². The smallest absolute Gasteiger partial charge is 0.161 e. The van der Waals surface area contributed by atoms with Gasteiger partial charge in [-0.05, 0) is 31.9 Å². The van der Waals surface area contributed by atoms with E-state index in [1.807, 2.05) is 18.2 Å². The molecule has 0 amide bonds. The van der Waals surface area contributed by atoms with Gasteiger partial charge >= 0.3 is 0 Å². The maximum absolute atomic E-state index is 11.5. The second-order valence-corrected chi connectivity index (χ2v) is 6.01. The van der Waals surface area contributed by atoms with E-state index in [0.717, 1.165) is 11.4 Å². The van der Waals surface area contributed by atoms with Crippen LogP contribution in [0.1, 0.15) is 43.2 Å². The normalized spacial score (nSPS) is 13.7. The number of aromatic amines is 1. The van der Waals surface area contributed by atoms with Crippen LogP contribution in [0.2, 0.25) is 0 Å². The number of benzene rings is 1. The molecule has 0 aliphatic heterocycles. The van der Waals surface area contributed by atoms with Crippen molar-refractivity contribution in [3.63, 3.8) is 0 Å². The van der Waals surface area contributed by atoms with Crippen molar-refractivity contribution < 1.29 is 6.22 Å². The van der Waals surface area contributed by atoms with Crippen LogP contribution in [0, 0.1) is 0 Å². The zero-order valence-corrected chi connectivity index (χ0v) is 13.3. The third-order valence-electron chi connectivity index (χ3n) is 4.05. The summed E-state index contributed by atoms with van der Waals surface area (Å²) >= 11 is 0. The molecule has 0 radical (unpaired) electrons. The Hall–Kier alpha value is -3.02. The molecule has 24 heavy (non-hydrogen) atoms. The first kappa shape index (κ1) is 14.6. The van der Waals surface area contributed by atoms with Gasteiger partial charge in [0, 0.05) is 36.4 Å². The number of H-pyrrole nitrogens is 1. The zero-order chi connectivity index (χ0) is 16.5. The molecule has 1 aliphatic rings. The summed E-state index contributed by atoms with van der Waals surface area (Å²) in [6.07, 6.45) is 4.15. The predicted molar refractivity (Wildman–Crippen MR) is 93.4 cm³/mol. The Morgan fingerprint density at radius 3 is 2.92 bits per heavy atom. The number of Topliss-reactive ketones (excluding diaryl/α,β-unsaturated/α-hetero) is 1. The molecule has 6 heteroatoms. The second-order valence-electron chi connectivity index (χ2n) is 6.01. The van der Waals surface area contributed by atoms with Crippen molar-refractivity contribution in [3.8, 4) is 11.4 Å². The van der Waals surface area contributed by atoms with Gasteiger partial charge in [0.1, 0.15) is 5.82 Å². The summed E-state index contributed by atoms with van der Waals surface area (Å²) in [5.41, 5.74) is 2.63. The lowest BCUT2D eigenvalue weighted by atomic mass is 10.1. The topological polar surface area (TPSA) is 83.6 Å². The number of ketones is 1. The standard InChI is InChI=1S/C18H17N5O.H2/c1-11(24)13-3-2-4-14(9-13)18-19-8-7-16(21-18)20-17-10-15(22-23-17)12-5-6-12;/h2-4,7-10,12H,5-6H2,1H3,(H2,19,20,21,22,23);1H. The molecule has 122 valence electrons. The van der Waals surface area contributed by atoms with Gasteiger partial charge in [-0.3, -0.25) is 9.89 Å². The molecule has 0 unspecified atom stereocenters. The fourth-order valence-electron chi connectivity index (χ4n) is 2.58. The number of rotatable bonds is 5. The average Bonchev–Trinajstić information content (AvgIpc) is 3.35. The van der Waals surface area contributed by atoms with Crippen LogP contribution >= 0.6 is 0 Å². The molecule has 4 rings (SSSR count). The van der Waals surface area contributed by atoms with Crippen LogP contribution in [0.5, 0.6) is 0 Å². The Kier molecular flexibility index (Phi) is 3.57. The number of hydrogen-bond acceptors (Lipinski definition) is 5. The van der Waals surface area contributed by atoms with Gasteiger partial charge in [-0.15, -0.1) is 0 Å². The Balaban J connectivity index is 0.00000182. The van der Waals surface area contributed by atoms with Crippen LogP contribution in [0.3, 0.4) is 0 Å². The lowest BCUT2D eigenvalue weighted by molar-refractivity contribution is 0.101. The van der Waals surface area contributed by atoms with Crippen molar-refractivity contribution in [2.75, 3.05) is 5.32 Å². The number of carbonyl (C=O) groups is 1. The van der Waals surface area contributed by atoms with Crippen LogP contribution in [-0.4, -0.2) is 25.9 Å². The van der Waals surface area contributed by atoms with Crippen LogP contribution in [0.25, 0.3) is 11.4 Å². The molecule has 6 nitrogen and oxygen atoms in total. The summed E-state index contributed by atoms with van der Waals surface area (Å²) in [6, 6.07) is 11.1. The highest BCUT2D eigenvalue weighted by molar-refractivity contribution is 5.95. The first-order valence-electron chi connectivity index (χ1n) is 7.96. The number of carbonyl (C=O) groups excluding carboxylic acids is 1. The molecule has 2 heterocycles. The fourth-order valence-corrected chi connectivity index (χ4v) is 2.58. The number of nitrogens with zero attached hydrogens (tertiary/aromatic N) is 3. The summed E-state index contributed by atoms with van der Waals surface area (Å²) in [5, 5.41) is 10.5. The van der Waals surface area contributed by atoms with Crippen molar-refractivity contribution in [1.82, 2.24) is 20.2 Å². The third kappa shape index (κ3) is 3.03. The van der Waals surface area contributed by atoms with Crippen molar-refractivity contribution in [1.29, 1.82) is 0 Å². The first-order valence-corrected chi connectivity index (χ1v) is 7.96. The van der Waals surface area contributed by atoms with Gasteiger partial charge in [0.2, 0.25) is 0 Å². The minimum Gasteiger partial charge on any atom is -0.323 e. The SMILES string of the molecule is CC(=O)c1cccc(-c2nccc(Nc3cc(C4CC4)[nH]n3)n2)c1.[HH]. The molecule has 0 atom stereocenters. The summed E-state index contributed by atoms with van der Waals surface area (Å²) < 4.78 is 0. The van der Waals surface area contributed by atoms with Crippen molar-refractivity contribution >= 4 is 17.4 Å². The quantitative estimate of drug-likeness (QED) is 0.695. The van der Waals surface area contributed by atoms with Crippen LogP contribution in [0.4, 0.5) is 11.6 Å². The first-order chi connectivity index (χ1) is 11.7. The molecular weight excluding hydrogens is 302 g/mol. The Morgan fingerprint density at radius 2 is 2.12 bits per heavy atom. The van der Waals surface area contributed by atoms with E-state index in [9.17, 15) is 4.79 Å². The highest BCUT2D eigenvalue weighted by atomic mass is 16.1. The molecule has 1 aliphatic carbocycles. The summed E-state index contributed by atoms with van der Waals surface area (Å²) in [7, 11) is 0. The maximum atomic E-state index is 11.5. The van der Waals surface area contributed by atoms with Gasteiger partial charge in [0.15, 0.2) is 17.4 Å². The number of anilines is 2. The van der Waals surface area contributed by atoms with Crippen LogP contribution in [0.15, 0.2) is 42.6 Å². The predicted octanol–water partition coefficient (Wildman–Crippen LogP) is 3.94. The third-order valence-corrected chi connectivity index (χ3v) is 4.05. The molecule has 0 spiro atoms. The average molecular weight is 321 g/mol. The molecular formula is C18H19N5O. The lowest BCUT2D eigenvalue weighted by Crippen LogP contribution is -1.98. The number of hydrogen-bond donors (Lipinski definition) is 2. The highest BCUT2D eigenvalue weighted by Gasteiger charge is 2.25. The van der Waals surface area contributed by atoms with Gasteiger partial charge in [0.25, 0.3) is 0 Å². The fraction of sp³-hybridized carbons (Fsp3) is 0.222. The summed E-state index contributed by atoms with van der Waals surface area (Å²) in [4.78, 5) is 20.4. The van der Waals surface area contributed by atoms with Crippen molar-refractivity contribution in [2.45, 2.75) is 25.7 Å². The molecule has 0 saturated heterocycles. The second kappa shape index (κ2) is 5.88. The van der Waals surface area contributed by atoms with E-state index < -0.39 is 0 Å². The van der Waals surface area contributed by atoms with E-state index in [4.69, 9.17) is 0 Å². The van der Waals surface area contributed by atoms with Gasteiger partial charge in [-0.25, -0.2) is 9.97 Å². The van der Waals surface area contributed by atoms with Gasteiger partial charge in [-0.2, -0.15) is 5.10 Å². The molecule has 2 N–H and O–H groups in total. The van der Waals surface area contributed by atoms with E-state index in [-0.39, 0.29) is 7.21 Å². The van der Waals surface area contributed by atoms with E-state index in [1.54, 1.807) is 31.3 Å². The summed E-state index contributed by atoms with van der Waals surface area (Å²) in [6.45, 7) is 1.55. The largest absolute Gasteiger partial charge is 0.323 e. The molecule has 1 fully saturated rings. The monoisotopic (exact) mass is 321 g/mol. The lowest BCUT2D eigenvalue weighted by Gasteiger charge is -2.05. The highest BCUT2D eigenvalue weighted by Crippen LogP contribution is 2.39.